The van der Waals surface area contributed by atoms with Gasteiger partial charge in [0.15, 0.2) is 11.6 Å². The predicted molar refractivity (Wildman–Crippen MR) is 109 cm³/mol. The monoisotopic (exact) mass is 405 g/mol. The van der Waals surface area contributed by atoms with Crippen LogP contribution in [0.5, 0.6) is 5.75 Å². The van der Waals surface area contributed by atoms with Crippen molar-refractivity contribution in [2.45, 2.75) is 32.9 Å². The van der Waals surface area contributed by atoms with E-state index in [9.17, 15) is 4.39 Å². The summed E-state index contributed by atoms with van der Waals surface area (Å²) in [6.45, 7) is 4.57. The molecule has 0 spiro atoms. The first-order valence-electron chi connectivity index (χ1n) is 9.71. The first-order valence-corrected chi connectivity index (χ1v) is 9.71. The second-order valence-corrected chi connectivity index (χ2v) is 7.22. The molecule has 9 heteroatoms. The molecule has 2 N–H and O–H groups in total. The molecule has 152 valence electrons. The van der Waals surface area contributed by atoms with Crippen molar-refractivity contribution in [3.63, 3.8) is 0 Å². The van der Waals surface area contributed by atoms with E-state index < -0.39 is 6.10 Å². The van der Waals surface area contributed by atoms with Gasteiger partial charge >= 0.3 is 0 Å². The van der Waals surface area contributed by atoms with Gasteiger partial charge in [0, 0.05) is 35.9 Å². The Morgan fingerprint density at radius 2 is 2.10 bits per heavy atom. The van der Waals surface area contributed by atoms with Crippen molar-refractivity contribution in [1.29, 1.82) is 0 Å². The Hall–Kier alpha value is -3.75. The third-order valence-corrected chi connectivity index (χ3v) is 5.32. The van der Waals surface area contributed by atoms with Gasteiger partial charge in [0.05, 0.1) is 29.5 Å². The van der Waals surface area contributed by atoms with Crippen molar-refractivity contribution in [2.75, 3.05) is 5.73 Å². The average molecular weight is 405 g/mol. The van der Waals surface area contributed by atoms with E-state index in [1.54, 1.807) is 23.1 Å². The molecule has 0 amide bonds. The van der Waals surface area contributed by atoms with Crippen LogP contribution in [0.15, 0.2) is 42.9 Å². The zero-order valence-electron chi connectivity index (χ0n) is 16.6. The van der Waals surface area contributed by atoms with Crippen LogP contribution in [0.1, 0.15) is 36.8 Å². The molecule has 5 rings (SSSR count). The highest BCUT2D eigenvalue weighted by Crippen LogP contribution is 2.35. The summed E-state index contributed by atoms with van der Waals surface area (Å²) in [6.07, 6.45) is 5.32. The molecular formula is C21H20FN7O. The summed E-state index contributed by atoms with van der Waals surface area (Å²) >= 11 is 0. The summed E-state index contributed by atoms with van der Waals surface area (Å²) in [5, 5.41) is 12.9. The molecule has 1 atom stereocenters. The lowest BCUT2D eigenvalue weighted by atomic mass is 10.0. The number of hydrogen-bond donors (Lipinski definition) is 1. The Kier molecular flexibility index (Phi) is 4.23. The minimum Gasteiger partial charge on any atom is -0.482 e. The minimum atomic E-state index is -0.498. The molecule has 0 aliphatic carbocycles. The first kappa shape index (κ1) is 18.3. The quantitative estimate of drug-likeness (QED) is 0.522. The number of nitrogens with zero attached hydrogens (tertiary/aromatic N) is 6. The fraction of sp³-hybridized carbons (Fsp3) is 0.238. The SMILES string of the molecule is CCn1ncc2c1-c1cnc(N)c(c1)OC(C)c1cc(F)ccc1-n1nncc1C2. The fourth-order valence-corrected chi connectivity index (χ4v) is 3.88. The van der Waals surface area contributed by atoms with E-state index in [2.05, 4.69) is 20.4 Å². The number of aryl methyl sites for hydroxylation is 1. The molecule has 3 aromatic heterocycles. The van der Waals surface area contributed by atoms with Gasteiger partial charge in [0.1, 0.15) is 11.9 Å². The lowest BCUT2D eigenvalue weighted by Gasteiger charge is -2.21. The number of anilines is 1. The van der Waals surface area contributed by atoms with Crippen molar-refractivity contribution in [1.82, 2.24) is 29.8 Å². The normalized spacial score (nSPS) is 15.2. The zero-order chi connectivity index (χ0) is 20.8. The molecule has 4 aromatic rings. The summed E-state index contributed by atoms with van der Waals surface area (Å²) < 4.78 is 23.9. The third kappa shape index (κ3) is 2.90. The standard InChI is InChI=1S/C21H20FN7O/c1-3-28-20-13(10-26-28)6-16-11-25-27-29(16)18-5-4-15(22)8-17(18)12(2)30-19-7-14(20)9-24-21(19)23/h4-5,7-12H,3,6H2,1-2H3,(H2,23,24). The molecule has 0 saturated carbocycles. The molecule has 1 aliphatic rings. The second-order valence-electron chi connectivity index (χ2n) is 7.22. The number of rotatable bonds is 1. The number of nitrogen functional groups attached to an aromatic ring is 1. The number of fused-ring (bicyclic) bond motifs is 7. The smallest absolute Gasteiger partial charge is 0.166 e. The van der Waals surface area contributed by atoms with Crippen molar-refractivity contribution in [2.24, 2.45) is 0 Å². The fourth-order valence-electron chi connectivity index (χ4n) is 3.88. The topological polar surface area (TPSA) is 96.7 Å². The molecule has 0 radical (unpaired) electrons. The molecule has 4 heterocycles. The zero-order valence-corrected chi connectivity index (χ0v) is 16.6. The van der Waals surface area contributed by atoms with Crippen LogP contribution in [0, 0.1) is 5.82 Å². The van der Waals surface area contributed by atoms with Gasteiger partial charge in [0.25, 0.3) is 0 Å². The molecule has 1 aliphatic heterocycles. The summed E-state index contributed by atoms with van der Waals surface area (Å²) in [5.41, 5.74) is 11.1. The van der Waals surface area contributed by atoms with Gasteiger partial charge in [-0.1, -0.05) is 5.21 Å². The molecule has 30 heavy (non-hydrogen) atoms. The van der Waals surface area contributed by atoms with Crippen LogP contribution in [0.4, 0.5) is 10.2 Å². The largest absolute Gasteiger partial charge is 0.482 e. The van der Waals surface area contributed by atoms with Crippen LogP contribution < -0.4 is 10.5 Å². The van der Waals surface area contributed by atoms with Gasteiger partial charge in [-0.2, -0.15) is 5.10 Å². The number of ether oxygens (including phenoxy) is 1. The number of aromatic nitrogens is 6. The van der Waals surface area contributed by atoms with Crippen LogP contribution in [-0.4, -0.2) is 29.8 Å². The lowest BCUT2D eigenvalue weighted by Crippen LogP contribution is -2.13. The maximum atomic E-state index is 14.1. The second kappa shape index (κ2) is 6.94. The summed E-state index contributed by atoms with van der Waals surface area (Å²) in [5.74, 6) is 0.347. The lowest BCUT2D eigenvalue weighted by molar-refractivity contribution is 0.226. The van der Waals surface area contributed by atoms with E-state index in [1.807, 2.05) is 30.8 Å². The van der Waals surface area contributed by atoms with Gasteiger partial charge < -0.3 is 10.5 Å². The Bertz CT molecular complexity index is 1250. The molecule has 8 nitrogen and oxygen atoms in total. The van der Waals surface area contributed by atoms with Gasteiger partial charge in [-0.05, 0) is 38.1 Å². The molecule has 1 unspecified atom stereocenters. The average Bonchev–Trinajstić information content (AvgIpc) is 3.36. The predicted octanol–water partition coefficient (Wildman–Crippen LogP) is 3.31. The number of nitrogens with two attached hydrogens (primary N) is 1. The van der Waals surface area contributed by atoms with Crippen LogP contribution in [0.3, 0.4) is 0 Å². The molecule has 0 fully saturated rings. The van der Waals surface area contributed by atoms with E-state index in [0.717, 1.165) is 22.5 Å². The highest BCUT2D eigenvalue weighted by Gasteiger charge is 2.23. The Labute approximate surface area is 172 Å². The highest BCUT2D eigenvalue weighted by atomic mass is 19.1. The van der Waals surface area contributed by atoms with E-state index in [0.29, 0.717) is 30.0 Å². The van der Waals surface area contributed by atoms with E-state index in [1.165, 1.54) is 12.1 Å². The van der Waals surface area contributed by atoms with Gasteiger partial charge in [0.2, 0.25) is 0 Å². The number of halogens is 1. The van der Waals surface area contributed by atoms with E-state index in [4.69, 9.17) is 10.5 Å². The Morgan fingerprint density at radius 3 is 2.93 bits per heavy atom. The molecule has 1 aromatic carbocycles. The van der Waals surface area contributed by atoms with E-state index >= 15 is 0 Å². The number of hydrogen-bond acceptors (Lipinski definition) is 6. The van der Waals surface area contributed by atoms with Crippen LogP contribution in [-0.2, 0) is 13.0 Å². The van der Waals surface area contributed by atoms with Crippen molar-refractivity contribution in [3.05, 3.63) is 65.5 Å². The summed E-state index contributed by atoms with van der Waals surface area (Å²) in [7, 11) is 0. The molecule has 0 saturated heterocycles. The van der Waals surface area contributed by atoms with Crippen molar-refractivity contribution < 1.29 is 9.13 Å². The minimum absolute atomic E-state index is 0.270. The Balaban J connectivity index is 1.79. The molecular weight excluding hydrogens is 385 g/mol. The summed E-state index contributed by atoms with van der Waals surface area (Å²) in [4.78, 5) is 4.33. The van der Waals surface area contributed by atoms with Gasteiger partial charge in [-0.25, -0.2) is 14.1 Å². The maximum absolute atomic E-state index is 14.1. The molecule has 2 bridgehead atoms. The van der Waals surface area contributed by atoms with E-state index in [-0.39, 0.29) is 11.6 Å². The van der Waals surface area contributed by atoms with Crippen molar-refractivity contribution >= 4 is 5.82 Å². The third-order valence-electron chi connectivity index (χ3n) is 5.32. The summed E-state index contributed by atoms with van der Waals surface area (Å²) in [6, 6.07) is 6.40. The first-order chi connectivity index (χ1) is 14.5. The number of benzene rings is 1. The maximum Gasteiger partial charge on any atom is 0.166 e. The van der Waals surface area contributed by atoms with Gasteiger partial charge in [-0.15, -0.1) is 5.10 Å². The van der Waals surface area contributed by atoms with Crippen LogP contribution in [0.25, 0.3) is 16.9 Å². The van der Waals surface area contributed by atoms with Crippen LogP contribution >= 0.6 is 0 Å². The Morgan fingerprint density at radius 1 is 1.23 bits per heavy atom. The van der Waals surface area contributed by atoms with Crippen molar-refractivity contribution in [3.8, 4) is 22.7 Å². The highest BCUT2D eigenvalue weighted by molar-refractivity contribution is 5.67. The van der Waals surface area contributed by atoms with Gasteiger partial charge in [-0.3, -0.25) is 4.68 Å². The number of pyridine rings is 1. The van der Waals surface area contributed by atoms with Crippen LogP contribution in [0.2, 0.25) is 0 Å².